The third kappa shape index (κ3) is 4.81. The molecular weight excluding hydrogens is 260 g/mol. The Morgan fingerprint density at radius 2 is 2.19 bits per heavy atom. The van der Waals surface area contributed by atoms with Gasteiger partial charge in [-0.05, 0) is 31.4 Å². The fourth-order valence-corrected chi connectivity index (χ4v) is 2.59. The number of nitrogens with one attached hydrogen (secondary N) is 2. The smallest absolute Gasteiger partial charge is 0.191 e. The van der Waals surface area contributed by atoms with Crippen LogP contribution in [0.25, 0.3) is 0 Å². The number of guanidine groups is 1. The average Bonchev–Trinajstić information content (AvgIpc) is 3.00. The highest BCUT2D eigenvalue weighted by Crippen LogP contribution is 2.23. The predicted octanol–water partition coefficient (Wildman–Crippen LogP) is 2.25. The normalized spacial score (nSPS) is 18.6. The standard InChI is InChI=1S/C17H26N4/c1-3-11-19-17(18-4-2)20-13-15-10-12-21(14-15)16-8-6-5-7-9-16/h3,5-9,15H,1,4,10-14H2,2H3,(H2,18,19,20). The molecule has 114 valence electrons. The van der Waals surface area contributed by atoms with Crippen LogP contribution in [0, 0.1) is 5.92 Å². The molecule has 1 aromatic carbocycles. The first-order valence-corrected chi connectivity index (χ1v) is 7.76. The second-order valence-corrected chi connectivity index (χ2v) is 5.33. The maximum Gasteiger partial charge on any atom is 0.191 e. The van der Waals surface area contributed by atoms with Crippen LogP contribution in [-0.2, 0) is 0 Å². The van der Waals surface area contributed by atoms with Crippen LogP contribution >= 0.6 is 0 Å². The molecule has 4 heteroatoms. The lowest BCUT2D eigenvalue weighted by Gasteiger charge is -2.18. The van der Waals surface area contributed by atoms with Gasteiger partial charge in [0.2, 0.25) is 0 Å². The molecule has 0 amide bonds. The molecule has 21 heavy (non-hydrogen) atoms. The molecule has 0 aromatic heterocycles. The molecule has 0 bridgehead atoms. The summed E-state index contributed by atoms with van der Waals surface area (Å²) in [5, 5.41) is 6.51. The van der Waals surface area contributed by atoms with Crippen molar-refractivity contribution in [3.05, 3.63) is 43.0 Å². The number of aliphatic imine (C=N–C) groups is 1. The molecule has 2 N–H and O–H groups in total. The van der Waals surface area contributed by atoms with E-state index in [2.05, 4.69) is 64.4 Å². The summed E-state index contributed by atoms with van der Waals surface area (Å²) in [7, 11) is 0. The monoisotopic (exact) mass is 286 g/mol. The number of para-hydroxylation sites is 1. The van der Waals surface area contributed by atoms with E-state index < -0.39 is 0 Å². The van der Waals surface area contributed by atoms with Crippen LogP contribution in [0.1, 0.15) is 13.3 Å². The number of anilines is 1. The quantitative estimate of drug-likeness (QED) is 0.479. The van der Waals surface area contributed by atoms with Gasteiger partial charge < -0.3 is 15.5 Å². The third-order valence-electron chi connectivity index (χ3n) is 3.67. The van der Waals surface area contributed by atoms with Gasteiger partial charge >= 0.3 is 0 Å². The Kier molecular flexibility index (Phi) is 6.13. The van der Waals surface area contributed by atoms with Crippen LogP contribution in [0.4, 0.5) is 5.69 Å². The highest BCUT2D eigenvalue weighted by molar-refractivity contribution is 5.79. The van der Waals surface area contributed by atoms with Crippen LogP contribution in [0.2, 0.25) is 0 Å². The lowest BCUT2D eigenvalue weighted by molar-refractivity contribution is 0.600. The second-order valence-electron chi connectivity index (χ2n) is 5.33. The summed E-state index contributed by atoms with van der Waals surface area (Å²) in [6.07, 6.45) is 3.05. The van der Waals surface area contributed by atoms with E-state index in [-0.39, 0.29) is 0 Å². The van der Waals surface area contributed by atoms with Crippen molar-refractivity contribution in [3.8, 4) is 0 Å². The largest absolute Gasteiger partial charge is 0.371 e. The molecule has 1 aliphatic heterocycles. The summed E-state index contributed by atoms with van der Waals surface area (Å²) in [6.45, 7) is 10.5. The van der Waals surface area contributed by atoms with Crippen molar-refractivity contribution in [3.63, 3.8) is 0 Å². The van der Waals surface area contributed by atoms with E-state index in [0.717, 1.165) is 38.7 Å². The Labute approximate surface area is 128 Å². The SMILES string of the molecule is C=CCNC(=NCC1CCN(c2ccccc2)C1)NCC. The summed E-state index contributed by atoms with van der Waals surface area (Å²) in [5.41, 5.74) is 1.32. The molecule has 1 aromatic rings. The van der Waals surface area contributed by atoms with Gasteiger partial charge in [0, 0.05) is 38.4 Å². The second kappa shape index (κ2) is 8.35. The third-order valence-corrected chi connectivity index (χ3v) is 3.67. The number of nitrogens with zero attached hydrogens (tertiary/aromatic N) is 2. The molecule has 0 radical (unpaired) electrons. The molecule has 2 rings (SSSR count). The summed E-state index contributed by atoms with van der Waals surface area (Å²) >= 11 is 0. The van der Waals surface area contributed by atoms with Crippen molar-refractivity contribution < 1.29 is 0 Å². The number of rotatable bonds is 6. The van der Waals surface area contributed by atoms with Gasteiger partial charge in [-0.25, -0.2) is 0 Å². The van der Waals surface area contributed by atoms with Crippen LogP contribution in [0.3, 0.4) is 0 Å². The zero-order valence-electron chi connectivity index (χ0n) is 12.9. The van der Waals surface area contributed by atoms with Crippen molar-refractivity contribution in [1.29, 1.82) is 0 Å². The van der Waals surface area contributed by atoms with Crippen molar-refractivity contribution in [2.45, 2.75) is 13.3 Å². The minimum atomic E-state index is 0.629. The minimum absolute atomic E-state index is 0.629. The zero-order chi connectivity index (χ0) is 14.9. The number of hydrogen-bond donors (Lipinski definition) is 2. The Morgan fingerprint density at radius 1 is 1.38 bits per heavy atom. The van der Waals surface area contributed by atoms with Crippen LogP contribution in [-0.4, -0.2) is 38.7 Å². The maximum atomic E-state index is 4.68. The Hall–Kier alpha value is -1.97. The molecule has 1 unspecified atom stereocenters. The molecule has 4 nitrogen and oxygen atoms in total. The minimum Gasteiger partial charge on any atom is -0.371 e. The van der Waals surface area contributed by atoms with E-state index in [0.29, 0.717) is 5.92 Å². The average molecular weight is 286 g/mol. The maximum absolute atomic E-state index is 4.68. The molecule has 0 spiro atoms. The summed E-state index contributed by atoms with van der Waals surface area (Å²) in [6, 6.07) is 10.6. The Balaban J connectivity index is 1.85. The summed E-state index contributed by atoms with van der Waals surface area (Å²) < 4.78 is 0. The van der Waals surface area contributed by atoms with Gasteiger partial charge in [0.05, 0.1) is 0 Å². The van der Waals surface area contributed by atoms with Crippen molar-refractivity contribution in [2.24, 2.45) is 10.9 Å². The summed E-state index contributed by atoms with van der Waals surface area (Å²) in [5.74, 6) is 1.51. The van der Waals surface area contributed by atoms with Crippen molar-refractivity contribution >= 4 is 11.6 Å². The molecule has 1 atom stereocenters. The van der Waals surface area contributed by atoms with Crippen molar-refractivity contribution in [2.75, 3.05) is 37.6 Å². The molecule has 0 saturated carbocycles. The number of hydrogen-bond acceptors (Lipinski definition) is 2. The Bertz CT molecular complexity index is 455. The first kappa shape index (κ1) is 15.4. The van der Waals surface area contributed by atoms with Crippen LogP contribution in [0.5, 0.6) is 0 Å². The van der Waals surface area contributed by atoms with E-state index >= 15 is 0 Å². The fourth-order valence-electron chi connectivity index (χ4n) is 2.59. The lowest BCUT2D eigenvalue weighted by atomic mass is 10.1. The first-order chi connectivity index (χ1) is 10.3. The fraction of sp³-hybridized carbons (Fsp3) is 0.471. The molecule has 1 aliphatic rings. The van der Waals surface area contributed by atoms with Gasteiger partial charge in [-0.3, -0.25) is 4.99 Å². The van der Waals surface area contributed by atoms with Gasteiger partial charge in [0.25, 0.3) is 0 Å². The van der Waals surface area contributed by atoms with E-state index in [9.17, 15) is 0 Å². The van der Waals surface area contributed by atoms with Gasteiger partial charge in [-0.2, -0.15) is 0 Å². The molecule has 1 fully saturated rings. The van der Waals surface area contributed by atoms with Gasteiger partial charge in [-0.1, -0.05) is 24.3 Å². The molecule has 1 heterocycles. The molecular formula is C17H26N4. The Morgan fingerprint density at radius 3 is 2.90 bits per heavy atom. The summed E-state index contributed by atoms with van der Waals surface area (Å²) in [4.78, 5) is 7.13. The van der Waals surface area contributed by atoms with Crippen LogP contribution in [0.15, 0.2) is 48.0 Å². The van der Waals surface area contributed by atoms with E-state index in [1.54, 1.807) is 0 Å². The van der Waals surface area contributed by atoms with Crippen molar-refractivity contribution in [1.82, 2.24) is 10.6 Å². The van der Waals surface area contributed by atoms with Gasteiger partial charge in [0.15, 0.2) is 5.96 Å². The topological polar surface area (TPSA) is 39.7 Å². The van der Waals surface area contributed by atoms with Gasteiger partial charge in [0.1, 0.15) is 0 Å². The van der Waals surface area contributed by atoms with E-state index in [4.69, 9.17) is 0 Å². The van der Waals surface area contributed by atoms with Gasteiger partial charge in [-0.15, -0.1) is 6.58 Å². The van der Waals surface area contributed by atoms with E-state index in [1.807, 2.05) is 6.08 Å². The highest BCUT2D eigenvalue weighted by atomic mass is 15.2. The lowest BCUT2D eigenvalue weighted by Crippen LogP contribution is -2.37. The van der Waals surface area contributed by atoms with E-state index in [1.165, 1.54) is 12.1 Å². The molecule has 1 saturated heterocycles. The highest BCUT2D eigenvalue weighted by Gasteiger charge is 2.22. The first-order valence-electron chi connectivity index (χ1n) is 7.76. The zero-order valence-corrected chi connectivity index (χ0v) is 12.9. The number of benzene rings is 1. The predicted molar refractivity (Wildman–Crippen MR) is 90.9 cm³/mol. The van der Waals surface area contributed by atoms with Crippen LogP contribution < -0.4 is 15.5 Å². The molecule has 0 aliphatic carbocycles.